The zero-order valence-corrected chi connectivity index (χ0v) is 14.3. The average molecular weight is 322 g/mol. The summed E-state index contributed by atoms with van der Waals surface area (Å²) >= 11 is 0. The van der Waals surface area contributed by atoms with Crippen LogP contribution in [0.4, 0.5) is 0 Å². The van der Waals surface area contributed by atoms with Gasteiger partial charge in [-0.25, -0.2) is 0 Å². The molecule has 2 N–H and O–H groups in total. The van der Waals surface area contributed by atoms with Gasteiger partial charge < -0.3 is 20.1 Å². The van der Waals surface area contributed by atoms with E-state index >= 15 is 0 Å². The molecule has 23 heavy (non-hydrogen) atoms. The van der Waals surface area contributed by atoms with Crippen molar-refractivity contribution in [1.82, 2.24) is 5.32 Å². The molecular formula is C18H30N2O3. The Morgan fingerprint density at radius 2 is 1.48 bits per heavy atom. The maximum atomic E-state index is 12.8. The molecule has 5 nitrogen and oxygen atoms in total. The fourth-order valence-electron chi connectivity index (χ4n) is 5.17. The summed E-state index contributed by atoms with van der Waals surface area (Å²) in [6.07, 6.45) is 5.89. The normalized spacial score (nSPS) is 40.1. The maximum Gasteiger partial charge on any atom is 0.224 e. The van der Waals surface area contributed by atoms with Crippen LogP contribution >= 0.6 is 0 Å². The quantitative estimate of drug-likeness (QED) is 0.723. The molecule has 4 rings (SSSR count). The SMILES string of the molecule is CC(C)[NH+]1CCC(NC(=O)[C@H]2C3CCC(CC3)[C@@H]2C(=O)[O-])CC1. The van der Waals surface area contributed by atoms with Crippen LogP contribution in [-0.4, -0.2) is 37.0 Å². The van der Waals surface area contributed by atoms with E-state index in [-0.39, 0.29) is 29.7 Å². The zero-order chi connectivity index (χ0) is 16.6. The summed E-state index contributed by atoms with van der Waals surface area (Å²) in [5.74, 6) is -1.57. The van der Waals surface area contributed by atoms with Gasteiger partial charge in [-0.05, 0) is 51.4 Å². The highest BCUT2D eigenvalue weighted by Crippen LogP contribution is 2.48. The molecule has 5 heteroatoms. The van der Waals surface area contributed by atoms with Crippen molar-refractivity contribution in [2.75, 3.05) is 13.1 Å². The minimum Gasteiger partial charge on any atom is -0.550 e. The van der Waals surface area contributed by atoms with Gasteiger partial charge in [-0.1, -0.05) is 0 Å². The molecule has 2 atom stereocenters. The third kappa shape index (κ3) is 3.39. The number of rotatable bonds is 4. The molecule has 0 aromatic heterocycles. The highest BCUT2D eigenvalue weighted by molar-refractivity contribution is 5.85. The fourth-order valence-corrected chi connectivity index (χ4v) is 5.17. The van der Waals surface area contributed by atoms with Crippen LogP contribution in [0.2, 0.25) is 0 Å². The highest BCUT2D eigenvalue weighted by Gasteiger charge is 2.47. The van der Waals surface area contributed by atoms with Crippen LogP contribution in [0.25, 0.3) is 0 Å². The van der Waals surface area contributed by atoms with E-state index in [1.807, 2.05) is 0 Å². The third-order valence-corrected chi connectivity index (χ3v) is 6.58. The number of nitrogens with one attached hydrogen (secondary N) is 2. The molecule has 0 unspecified atom stereocenters. The summed E-state index contributed by atoms with van der Waals surface area (Å²) in [6.45, 7) is 6.64. The molecule has 0 radical (unpaired) electrons. The van der Waals surface area contributed by atoms with Gasteiger partial charge >= 0.3 is 0 Å². The summed E-state index contributed by atoms with van der Waals surface area (Å²) in [5, 5.41) is 14.7. The molecule has 1 amide bonds. The number of aliphatic carboxylic acids is 1. The predicted octanol–water partition coefficient (Wildman–Crippen LogP) is -0.639. The Hall–Kier alpha value is -1.10. The van der Waals surface area contributed by atoms with Gasteiger partial charge in [0.15, 0.2) is 0 Å². The van der Waals surface area contributed by atoms with Gasteiger partial charge in [0.1, 0.15) is 0 Å². The number of hydrogen-bond donors (Lipinski definition) is 2. The number of carboxylic acid groups (broad SMARTS) is 1. The molecule has 4 fully saturated rings. The zero-order valence-electron chi connectivity index (χ0n) is 14.3. The summed E-state index contributed by atoms with van der Waals surface area (Å²) in [4.78, 5) is 25.9. The summed E-state index contributed by atoms with van der Waals surface area (Å²) in [6, 6.07) is 0.844. The van der Waals surface area contributed by atoms with E-state index in [9.17, 15) is 14.7 Å². The van der Waals surface area contributed by atoms with Crippen LogP contribution in [0, 0.1) is 23.7 Å². The fraction of sp³-hybridized carbons (Fsp3) is 0.889. The molecular weight excluding hydrogens is 292 g/mol. The first kappa shape index (κ1) is 16.7. The Balaban J connectivity index is 1.60. The van der Waals surface area contributed by atoms with Gasteiger partial charge in [0.05, 0.1) is 19.1 Å². The number of carboxylic acids is 1. The smallest absolute Gasteiger partial charge is 0.224 e. The van der Waals surface area contributed by atoms with E-state index in [2.05, 4.69) is 19.2 Å². The van der Waals surface area contributed by atoms with Gasteiger partial charge in [0.2, 0.25) is 5.91 Å². The second-order valence-corrected chi connectivity index (χ2v) is 8.14. The van der Waals surface area contributed by atoms with Gasteiger partial charge in [-0.2, -0.15) is 0 Å². The number of hydrogen-bond acceptors (Lipinski definition) is 3. The monoisotopic (exact) mass is 322 g/mol. The Morgan fingerprint density at radius 1 is 0.957 bits per heavy atom. The van der Waals surface area contributed by atoms with Crippen molar-refractivity contribution < 1.29 is 19.6 Å². The molecule has 3 aliphatic carbocycles. The summed E-state index contributed by atoms with van der Waals surface area (Å²) in [7, 11) is 0. The molecule has 1 aliphatic heterocycles. The van der Waals surface area contributed by atoms with E-state index in [1.54, 1.807) is 4.90 Å². The molecule has 1 saturated heterocycles. The van der Waals surface area contributed by atoms with Crippen molar-refractivity contribution in [2.45, 2.75) is 64.5 Å². The minimum atomic E-state index is -1.02. The molecule has 130 valence electrons. The van der Waals surface area contributed by atoms with Crippen molar-refractivity contribution >= 4 is 11.9 Å². The van der Waals surface area contributed by atoms with Crippen LogP contribution < -0.4 is 15.3 Å². The minimum absolute atomic E-state index is 0.0217. The van der Waals surface area contributed by atoms with Crippen LogP contribution in [0.3, 0.4) is 0 Å². The van der Waals surface area contributed by atoms with Crippen molar-refractivity contribution in [2.24, 2.45) is 23.7 Å². The number of carbonyl (C=O) groups excluding carboxylic acids is 2. The summed E-state index contributed by atoms with van der Waals surface area (Å²) < 4.78 is 0. The molecule has 4 aliphatic rings. The lowest BCUT2D eigenvalue weighted by atomic mass is 9.58. The van der Waals surface area contributed by atoms with Crippen LogP contribution in [0.15, 0.2) is 0 Å². The van der Waals surface area contributed by atoms with Crippen molar-refractivity contribution in [3.8, 4) is 0 Å². The number of quaternary nitrogens is 1. The van der Waals surface area contributed by atoms with E-state index in [0.29, 0.717) is 6.04 Å². The molecule has 0 spiro atoms. The highest BCUT2D eigenvalue weighted by atomic mass is 16.4. The van der Waals surface area contributed by atoms with Gasteiger partial charge in [-0.3, -0.25) is 4.79 Å². The standard InChI is InChI=1S/C18H30N2O3/c1-11(2)20-9-7-14(8-10-20)19-17(21)15-12-3-5-13(6-4-12)16(15)18(22)23/h11-16H,3-10H2,1-2H3,(H,19,21)(H,22,23)/t12?,13?,15-,16-/m0/s1. The maximum absolute atomic E-state index is 12.8. The summed E-state index contributed by atoms with van der Waals surface area (Å²) in [5.41, 5.74) is 0. The number of amides is 1. The second-order valence-electron chi connectivity index (χ2n) is 8.14. The van der Waals surface area contributed by atoms with Crippen molar-refractivity contribution in [3.63, 3.8) is 0 Å². The lowest BCUT2D eigenvalue weighted by molar-refractivity contribution is -0.926. The molecule has 2 bridgehead atoms. The second kappa shape index (κ2) is 6.80. The largest absolute Gasteiger partial charge is 0.550 e. The first-order chi connectivity index (χ1) is 11.0. The lowest BCUT2D eigenvalue weighted by Gasteiger charge is -2.48. The Labute approximate surface area is 138 Å². The van der Waals surface area contributed by atoms with Gasteiger partial charge in [0, 0.05) is 36.7 Å². The van der Waals surface area contributed by atoms with Crippen LogP contribution in [0.1, 0.15) is 52.4 Å². The molecule has 3 saturated carbocycles. The van der Waals surface area contributed by atoms with Crippen molar-refractivity contribution in [1.29, 1.82) is 0 Å². The van der Waals surface area contributed by atoms with E-state index in [4.69, 9.17) is 0 Å². The number of fused-ring (bicyclic) bond motifs is 3. The van der Waals surface area contributed by atoms with Gasteiger partial charge in [0.25, 0.3) is 0 Å². The first-order valence-corrected chi connectivity index (χ1v) is 9.33. The van der Waals surface area contributed by atoms with E-state index in [0.717, 1.165) is 51.6 Å². The first-order valence-electron chi connectivity index (χ1n) is 9.33. The average Bonchev–Trinajstić information content (AvgIpc) is 2.55. The predicted molar refractivity (Wildman–Crippen MR) is 84.4 cm³/mol. The van der Waals surface area contributed by atoms with E-state index in [1.165, 1.54) is 0 Å². The van der Waals surface area contributed by atoms with E-state index < -0.39 is 11.9 Å². The molecule has 1 heterocycles. The topological polar surface area (TPSA) is 73.7 Å². The van der Waals surface area contributed by atoms with Crippen LogP contribution in [-0.2, 0) is 9.59 Å². The number of likely N-dealkylation sites (tertiary alicyclic amines) is 1. The number of carbonyl (C=O) groups is 2. The Kier molecular flexibility index (Phi) is 4.95. The van der Waals surface area contributed by atoms with Gasteiger partial charge in [-0.15, -0.1) is 0 Å². The van der Waals surface area contributed by atoms with Crippen molar-refractivity contribution in [3.05, 3.63) is 0 Å². The number of piperidine rings is 1. The Bertz CT molecular complexity index is 449. The molecule has 0 aromatic carbocycles. The third-order valence-electron chi connectivity index (χ3n) is 6.58. The van der Waals surface area contributed by atoms with Crippen LogP contribution in [0.5, 0.6) is 0 Å². The lowest BCUT2D eigenvalue weighted by Crippen LogP contribution is -3.16. The Morgan fingerprint density at radius 3 is 1.96 bits per heavy atom. The molecule has 0 aromatic rings.